The van der Waals surface area contributed by atoms with Gasteiger partial charge in [-0.1, -0.05) is 23.7 Å². The van der Waals surface area contributed by atoms with Crippen LogP contribution in [0.1, 0.15) is 24.8 Å². The van der Waals surface area contributed by atoms with Crippen molar-refractivity contribution in [2.75, 3.05) is 12.9 Å². The molecule has 0 radical (unpaired) electrons. The van der Waals surface area contributed by atoms with Crippen LogP contribution in [0.25, 0.3) is 0 Å². The normalized spacial score (nSPS) is 17.8. The average Bonchev–Trinajstić information content (AvgIpc) is 3.08. The Hall–Kier alpha value is -0.870. The Balaban J connectivity index is 1.89. The summed E-state index contributed by atoms with van der Waals surface area (Å²) in [4.78, 5) is 11.3. The maximum atomic E-state index is 12.2. The molecule has 1 unspecified atom stereocenters. The van der Waals surface area contributed by atoms with E-state index in [0.717, 1.165) is 18.4 Å². The maximum absolute atomic E-state index is 12.2. The highest BCUT2D eigenvalue weighted by molar-refractivity contribution is 7.84. The van der Waals surface area contributed by atoms with Crippen LogP contribution in [-0.4, -0.2) is 23.0 Å². The van der Waals surface area contributed by atoms with Gasteiger partial charge in [-0.2, -0.15) is 0 Å². The van der Waals surface area contributed by atoms with Crippen molar-refractivity contribution in [3.8, 4) is 0 Å². The first-order valence-corrected chi connectivity index (χ1v) is 8.06. The molecule has 1 aromatic carbocycles. The van der Waals surface area contributed by atoms with E-state index >= 15 is 0 Å². The van der Waals surface area contributed by atoms with Gasteiger partial charge in [0.15, 0.2) is 0 Å². The average molecular weight is 301 g/mol. The maximum Gasteiger partial charge on any atom is 0.306 e. The van der Waals surface area contributed by atoms with Crippen LogP contribution >= 0.6 is 11.6 Å². The molecular weight excluding hydrogens is 284 g/mol. The standard InChI is InChI=1S/C14H17ClO3S/c1-18-13(16)8-14(5-6-14)10-19(17)9-11-3-2-4-12(15)7-11/h2-4,7H,5-6,8-10H2,1H3. The van der Waals surface area contributed by atoms with Crippen molar-refractivity contribution >= 4 is 28.4 Å². The van der Waals surface area contributed by atoms with Crippen LogP contribution in [0.15, 0.2) is 24.3 Å². The monoisotopic (exact) mass is 300 g/mol. The van der Waals surface area contributed by atoms with E-state index in [4.69, 9.17) is 11.6 Å². The van der Waals surface area contributed by atoms with E-state index in [1.54, 1.807) is 6.07 Å². The molecule has 1 aliphatic carbocycles. The molecule has 104 valence electrons. The lowest BCUT2D eigenvalue weighted by molar-refractivity contribution is -0.141. The van der Waals surface area contributed by atoms with Crippen LogP contribution in [-0.2, 0) is 26.1 Å². The summed E-state index contributed by atoms with van der Waals surface area (Å²) in [7, 11) is 0.419. The number of carbonyl (C=O) groups excluding carboxylic acids is 1. The first-order valence-electron chi connectivity index (χ1n) is 6.19. The van der Waals surface area contributed by atoms with Crippen molar-refractivity contribution in [3.05, 3.63) is 34.9 Å². The fourth-order valence-electron chi connectivity index (χ4n) is 2.13. The molecule has 0 aromatic heterocycles. The molecule has 0 aliphatic heterocycles. The summed E-state index contributed by atoms with van der Waals surface area (Å²) in [6, 6.07) is 7.41. The Kier molecular flexibility index (Phi) is 4.63. The van der Waals surface area contributed by atoms with E-state index in [2.05, 4.69) is 4.74 Å². The highest BCUT2D eigenvalue weighted by Crippen LogP contribution is 2.49. The summed E-state index contributed by atoms with van der Waals surface area (Å²) < 4.78 is 16.9. The van der Waals surface area contributed by atoms with Crippen LogP contribution < -0.4 is 0 Å². The first kappa shape index (κ1) is 14.5. The van der Waals surface area contributed by atoms with Gasteiger partial charge in [0, 0.05) is 27.3 Å². The topological polar surface area (TPSA) is 43.4 Å². The number of hydrogen-bond donors (Lipinski definition) is 0. The number of carbonyl (C=O) groups is 1. The van der Waals surface area contributed by atoms with Gasteiger partial charge in [-0.05, 0) is 36.0 Å². The number of halogens is 1. The molecule has 1 saturated carbocycles. The third kappa shape index (κ3) is 4.32. The summed E-state index contributed by atoms with van der Waals surface area (Å²) in [6.45, 7) is 0. The number of esters is 1. The molecule has 0 N–H and O–H groups in total. The largest absolute Gasteiger partial charge is 0.469 e. The summed E-state index contributed by atoms with van der Waals surface area (Å²) >= 11 is 5.90. The molecule has 0 bridgehead atoms. The molecule has 1 fully saturated rings. The molecule has 0 saturated heterocycles. The molecule has 3 nitrogen and oxygen atoms in total. The summed E-state index contributed by atoms with van der Waals surface area (Å²) in [5.74, 6) is 0.843. The fraction of sp³-hybridized carbons (Fsp3) is 0.500. The van der Waals surface area contributed by atoms with Crippen molar-refractivity contribution in [2.24, 2.45) is 5.41 Å². The molecule has 0 heterocycles. The molecule has 5 heteroatoms. The van der Waals surface area contributed by atoms with Crippen molar-refractivity contribution in [1.82, 2.24) is 0 Å². The second kappa shape index (κ2) is 6.06. The van der Waals surface area contributed by atoms with Gasteiger partial charge >= 0.3 is 5.97 Å². The predicted octanol–water partition coefficient (Wildman–Crippen LogP) is 2.93. The minimum absolute atomic E-state index is 0.0868. The molecule has 2 rings (SSSR count). The minimum Gasteiger partial charge on any atom is -0.469 e. The molecule has 1 aliphatic rings. The lowest BCUT2D eigenvalue weighted by atomic mass is 10.1. The van der Waals surface area contributed by atoms with E-state index in [0.29, 0.717) is 22.9 Å². The summed E-state index contributed by atoms with van der Waals surface area (Å²) in [5.41, 5.74) is 0.885. The second-order valence-corrected chi connectivity index (χ2v) is 7.00. The van der Waals surface area contributed by atoms with Crippen molar-refractivity contribution in [1.29, 1.82) is 0 Å². The van der Waals surface area contributed by atoms with Gasteiger partial charge in [-0.15, -0.1) is 0 Å². The van der Waals surface area contributed by atoms with Gasteiger partial charge in [-0.25, -0.2) is 0 Å². The van der Waals surface area contributed by atoms with Gasteiger partial charge in [0.25, 0.3) is 0 Å². The predicted molar refractivity (Wildman–Crippen MR) is 76.5 cm³/mol. The van der Waals surface area contributed by atoms with E-state index in [1.165, 1.54) is 7.11 Å². The SMILES string of the molecule is COC(=O)CC1(CS(=O)Cc2cccc(Cl)c2)CC1. The minimum atomic E-state index is -0.971. The summed E-state index contributed by atoms with van der Waals surface area (Å²) in [5, 5.41) is 0.658. The van der Waals surface area contributed by atoms with Gasteiger partial charge in [0.05, 0.1) is 13.5 Å². The van der Waals surface area contributed by atoms with Gasteiger partial charge in [-0.3, -0.25) is 9.00 Å². The number of rotatable bonds is 6. The third-order valence-corrected chi connectivity index (χ3v) is 5.21. The zero-order chi connectivity index (χ0) is 13.9. The van der Waals surface area contributed by atoms with E-state index in [1.807, 2.05) is 18.2 Å². The van der Waals surface area contributed by atoms with Gasteiger partial charge in [0.1, 0.15) is 0 Å². The van der Waals surface area contributed by atoms with Gasteiger partial charge in [0.2, 0.25) is 0 Å². The van der Waals surface area contributed by atoms with Crippen LogP contribution in [0.3, 0.4) is 0 Å². The smallest absolute Gasteiger partial charge is 0.306 e. The lowest BCUT2D eigenvalue weighted by Gasteiger charge is -2.13. The fourth-order valence-corrected chi connectivity index (χ4v) is 4.07. The van der Waals surface area contributed by atoms with E-state index in [9.17, 15) is 9.00 Å². The van der Waals surface area contributed by atoms with Crippen LogP contribution in [0.2, 0.25) is 5.02 Å². The number of benzene rings is 1. The van der Waals surface area contributed by atoms with Gasteiger partial charge < -0.3 is 4.74 Å². The van der Waals surface area contributed by atoms with Crippen molar-refractivity contribution in [2.45, 2.75) is 25.0 Å². The van der Waals surface area contributed by atoms with Crippen molar-refractivity contribution in [3.63, 3.8) is 0 Å². The number of methoxy groups -OCH3 is 1. The molecule has 1 aromatic rings. The Morgan fingerprint density at radius 3 is 2.79 bits per heavy atom. The van der Waals surface area contributed by atoms with Crippen LogP contribution in [0.5, 0.6) is 0 Å². The lowest BCUT2D eigenvalue weighted by Crippen LogP contribution is -2.18. The number of hydrogen-bond acceptors (Lipinski definition) is 3. The Labute approximate surface area is 120 Å². The highest BCUT2D eigenvalue weighted by Gasteiger charge is 2.45. The summed E-state index contributed by atoms with van der Waals surface area (Å²) in [6.07, 6.45) is 2.30. The Bertz CT molecular complexity index is 497. The Morgan fingerprint density at radius 2 is 2.21 bits per heavy atom. The van der Waals surface area contributed by atoms with Crippen molar-refractivity contribution < 1.29 is 13.7 Å². The molecule has 1 atom stereocenters. The highest BCUT2D eigenvalue weighted by atomic mass is 35.5. The first-order chi connectivity index (χ1) is 9.03. The Morgan fingerprint density at radius 1 is 1.47 bits per heavy atom. The molecule has 19 heavy (non-hydrogen) atoms. The van der Waals surface area contributed by atoms with Crippen LogP contribution in [0, 0.1) is 5.41 Å². The molecule has 0 amide bonds. The third-order valence-electron chi connectivity index (χ3n) is 3.39. The zero-order valence-electron chi connectivity index (χ0n) is 10.9. The van der Waals surface area contributed by atoms with E-state index < -0.39 is 10.8 Å². The number of ether oxygens (including phenoxy) is 1. The quantitative estimate of drug-likeness (QED) is 0.759. The van der Waals surface area contributed by atoms with E-state index in [-0.39, 0.29) is 11.4 Å². The second-order valence-electron chi connectivity index (χ2n) is 5.11. The molecular formula is C14H17ClO3S. The zero-order valence-corrected chi connectivity index (χ0v) is 12.4. The van der Waals surface area contributed by atoms with Crippen LogP contribution in [0.4, 0.5) is 0 Å². The molecule has 0 spiro atoms.